The van der Waals surface area contributed by atoms with Crippen LogP contribution in [0.2, 0.25) is 0 Å². The summed E-state index contributed by atoms with van der Waals surface area (Å²) in [4.78, 5) is 24.8. The van der Waals surface area contributed by atoms with Gasteiger partial charge in [0, 0.05) is 26.2 Å². The lowest BCUT2D eigenvalue weighted by molar-refractivity contribution is -0.130. The monoisotopic (exact) mass is 412 g/mol. The third-order valence-corrected chi connectivity index (χ3v) is 4.25. The average molecular weight is 414 g/mol. The molecule has 2 amide bonds. The molecular formula is C16H20Cl4N2O2. The second-order valence-electron chi connectivity index (χ2n) is 5.13. The van der Waals surface area contributed by atoms with Crippen LogP contribution in [-0.2, 0) is 22.7 Å². The third-order valence-electron chi connectivity index (χ3n) is 3.50. The number of halogens is 4. The molecule has 0 radical (unpaired) electrons. The van der Waals surface area contributed by atoms with Crippen LogP contribution < -0.4 is 0 Å². The van der Waals surface area contributed by atoms with Gasteiger partial charge in [-0.3, -0.25) is 9.59 Å². The Labute approximate surface area is 162 Å². The number of amides is 2. The van der Waals surface area contributed by atoms with E-state index in [9.17, 15) is 9.59 Å². The fourth-order valence-corrected chi connectivity index (χ4v) is 2.79. The second-order valence-corrected chi connectivity index (χ2v) is 7.32. The maximum absolute atomic E-state index is 11.9. The fourth-order valence-electron chi connectivity index (χ4n) is 2.23. The third kappa shape index (κ3) is 6.32. The van der Waals surface area contributed by atoms with E-state index in [-0.39, 0.29) is 11.8 Å². The Hall–Kier alpha value is -0.680. The summed E-state index contributed by atoms with van der Waals surface area (Å²) in [5, 5.41) is 0. The normalized spacial score (nSPS) is 11.0. The summed E-state index contributed by atoms with van der Waals surface area (Å²) in [5.41, 5.74) is 1.85. The molecular weight excluding hydrogens is 394 g/mol. The lowest BCUT2D eigenvalue weighted by atomic mass is 10.1. The number of carbonyl (C=O) groups excluding carboxylic acids is 2. The summed E-state index contributed by atoms with van der Waals surface area (Å²) in [6.45, 7) is 5.50. The van der Waals surface area contributed by atoms with Crippen LogP contribution in [0, 0.1) is 0 Å². The minimum absolute atomic E-state index is 0.330. The van der Waals surface area contributed by atoms with Crippen LogP contribution in [0.4, 0.5) is 0 Å². The molecule has 1 aromatic rings. The van der Waals surface area contributed by atoms with Crippen molar-refractivity contribution in [2.24, 2.45) is 0 Å². The molecule has 0 saturated heterocycles. The Morgan fingerprint density at radius 3 is 1.54 bits per heavy atom. The first-order chi connectivity index (χ1) is 11.3. The van der Waals surface area contributed by atoms with E-state index in [0.717, 1.165) is 11.1 Å². The molecule has 4 nitrogen and oxygen atoms in total. The largest absolute Gasteiger partial charge is 0.336 e. The van der Waals surface area contributed by atoms with E-state index >= 15 is 0 Å². The summed E-state index contributed by atoms with van der Waals surface area (Å²) < 4.78 is 0. The van der Waals surface area contributed by atoms with E-state index in [4.69, 9.17) is 46.4 Å². The lowest BCUT2D eigenvalue weighted by Gasteiger charge is -2.23. The Morgan fingerprint density at radius 1 is 0.875 bits per heavy atom. The van der Waals surface area contributed by atoms with Crippen LogP contribution >= 0.6 is 46.4 Å². The van der Waals surface area contributed by atoms with Gasteiger partial charge in [0.15, 0.2) is 9.67 Å². The van der Waals surface area contributed by atoms with Gasteiger partial charge in [-0.05, 0) is 25.0 Å². The Morgan fingerprint density at radius 2 is 1.25 bits per heavy atom. The number of rotatable bonds is 8. The quantitative estimate of drug-likeness (QED) is 0.604. The van der Waals surface area contributed by atoms with E-state index in [1.165, 1.54) is 0 Å². The van der Waals surface area contributed by atoms with E-state index in [1.54, 1.807) is 9.80 Å². The molecule has 8 heteroatoms. The smallest absolute Gasteiger partial charge is 0.256 e. The van der Waals surface area contributed by atoms with Crippen molar-refractivity contribution in [3.63, 3.8) is 0 Å². The summed E-state index contributed by atoms with van der Waals surface area (Å²) in [6.07, 6.45) is 0. The predicted molar refractivity (Wildman–Crippen MR) is 99.6 cm³/mol. The van der Waals surface area contributed by atoms with Crippen molar-refractivity contribution in [3.8, 4) is 0 Å². The number of nitrogens with zero attached hydrogens (tertiary/aromatic N) is 2. The molecule has 134 valence electrons. The van der Waals surface area contributed by atoms with Crippen molar-refractivity contribution in [1.29, 1.82) is 0 Å². The molecule has 0 bridgehead atoms. The van der Waals surface area contributed by atoms with Gasteiger partial charge in [-0.15, -0.1) is 0 Å². The minimum atomic E-state index is -1.08. The van der Waals surface area contributed by atoms with Crippen LogP contribution in [0.15, 0.2) is 24.3 Å². The molecule has 0 saturated carbocycles. The van der Waals surface area contributed by atoms with Gasteiger partial charge in [0.05, 0.1) is 0 Å². The summed E-state index contributed by atoms with van der Waals surface area (Å²) in [7, 11) is 0. The van der Waals surface area contributed by atoms with Gasteiger partial charge in [0.1, 0.15) is 0 Å². The van der Waals surface area contributed by atoms with E-state index < -0.39 is 9.67 Å². The van der Waals surface area contributed by atoms with Gasteiger partial charge in [0.2, 0.25) is 0 Å². The fraction of sp³-hybridized carbons (Fsp3) is 0.500. The van der Waals surface area contributed by atoms with Crippen molar-refractivity contribution in [1.82, 2.24) is 9.80 Å². The van der Waals surface area contributed by atoms with E-state index in [0.29, 0.717) is 26.2 Å². The molecule has 24 heavy (non-hydrogen) atoms. The standard InChI is InChI=1S/C16H20Cl4N2O2/c1-3-21(15(23)13(17)18)9-11-6-5-7-12(8-11)10-22(4-2)16(24)14(19)20/h5-8,13-14H,3-4,9-10H2,1-2H3. The molecule has 0 aliphatic rings. The Kier molecular flexibility index (Phi) is 9.21. The maximum Gasteiger partial charge on any atom is 0.256 e. The molecule has 1 rings (SSSR count). The topological polar surface area (TPSA) is 40.6 Å². The highest BCUT2D eigenvalue weighted by molar-refractivity contribution is 6.53. The maximum atomic E-state index is 11.9. The van der Waals surface area contributed by atoms with Gasteiger partial charge in [-0.2, -0.15) is 0 Å². The molecule has 0 aromatic heterocycles. The first-order valence-corrected chi connectivity index (χ1v) is 9.26. The number of hydrogen-bond donors (Lipinski definition) is 0. The number of benzene rings is 1. The van der Waals surface area contributed by atoms with Gasteiger partial charge in [-0.25, -0.2) is 0 Å². The van der Waals surface area contributed by atoms with Crippen molar-refractivity contribution >= 4 is 58.2 Å². The predicted octanol–water partition coefficient (Wildman–Crippen LogP) is 3.99. The molecule has 0 fully saturated rings. The van der Waals surface area contributed by atoms with E-state index in [2.05, 4.69) is 0 Å². The lowest BCUT2D eigenvalue weighted by Crippen LogP contribution is -2.35. The molecule has 0 aliphatic heterocycles. The Balaban J connectivity index is 2.86. The highest BCUT2D eigenvalue weighted by atomic mass is 35.5. The highest BCUT2D eigenvalue weighted by Gasteiger charge is 2.20. The molecule has 0 spiro atoms. The molecule has 0 aliphatic carbocycles. The SMILES string of the molecule is CCN(Cc1cccc(CN(CC)C(=O)C(Cl)Cl)c1)C(=O)C(Cl)Cl. The molecule has 0 unspecified atom stereocenters. The van der Waals surface area contributed by atoms with E-state index in [1.807, 2.05) is 38.1 Å². The van der Waals surface area contributed by atoms with Crippen LogP contribution in [0.1, 0.15) is 25.0 Å². The zero-order valence-corrected chi connectivity index (χ0v) is 16.5. The minimum Gasteiger partial charge on any atom is -0.336 e. The van der Waals surface area contributed by atoms with Crippen LogP contribution in [0.5, 0.6) is 0 Å². The molecule has 0 heterocycles. The zero-order valence-electron chi connectivity index (χ0n) is 13.5. The summed E-state index contributed by atoms with van der Waals surface area (Å²) in [5.74, 6) is -0.660. The van der Waals surface area contributed by atoms with Crippen LogP contribution in [-0.4, -0.2) is 44.4 Å². The van der Waals surface area contributed by atoms with Crippen molar-refractivity contribution in [2.45, 2.75) is 36.6 Å². The van der Waals surface area contributed by atoms with Gasteiger partial charge in [0.25, 0.3) is 11.8 Å². The first kappa shape index (κ1) is 21.4. The van der Waals surface area contributed by atoms with Crippen molar-refractivity contribution < 1.29 is 9.59 Å². The number of hydrogen-bond acceptors (Lipinski definition) is 2. The van der Waals surface area contributed by atoms with Crippen molar-refractivity contribution in [2.75, 3.05) is 13.1 Å². The average Bonchev–Trinajstić information content (AvgIpc) is 2.56. The summed E-state index contributed by atoms with van der Waals surface area (Å²) in [6, 6.07) is 7.61. The summed E-state index contributed by atoms with van der Waals surface area (Å²) >= 11 is 22.6. The van der Waals surface area contributed by atoms with Crippen molar-refractivity contribution in [3.05, 3.63) is 35.4 Å². The highest BCUT2D eigenvalue weighted by Crippen LogP contribution is 2.15. The van der Waals surface area contributed by atoms with Gasteiger partial charge >= 0.3 is 0 Å². The number of alkyl halides is 4. The Bertz CT molecular complexity index is 522. The second kappa shape index (κ2) is 10.3. The number of carbonyl (C=O) groups is 2. The van der Waals surface area contributed by atoms with Crippen LogP contribution in [0.3, 0.4) is 0 Å². The van der Waals surface area contributed by atoms with Crippen LogP contribution in [0.25, 0.3) is 0 Å². The molecule has 1 aromatic carbocycles. The zero-order chi connectivity index (χ0) is 18.3. The van der Waals surface area contributed by atoms with Gasteiger partial charge in [-0.1, -0.05) is 70.7 Å². The molecule has 0 atom stereocenters. The first-order valence-electron chi connectivity index (χ1n) is 7.51. The van der Waals surface area contributed by atoms with Gasteiger partial charge < -0.3 is 9.80 Å². The molecule has 0 N–H and O–H groups in total.